The number of hydrogen-bond acceptors (Lipinski definition) is 7. The smallest absolute Gasteiger partial charge is 0.416 e. The molecule has 1 aliphatic heterocycles. The van der Waals surface area contributed by atoms with Crippen molar-refractivity contribution in [3.8, 4) is 0 Å². The van der Waals surface area contributed by atoms with Crippen LogP contribution in [0.15, 0.2) is 24.3 Å². The van der Waals surface area contributed by atoms with Crippen molar-refractivity contribution in [3.05, 3.63) is 41.2 Å². The van der Waals surface area contributed by atoms with Gasteiger partial charge in [-0.05, 0) is 50.3 Å². The molecular weight excluding hydrogens is 489 g/mol. The quantitative estimate of drug-likeness (QED) is 0.474. The maximum Gasteiger partial charge on any atom is 0.416 e. The number of carboxylic acid groups (broad SMARTS) is 1. The highest BCUT2D eigenvalue weighted by Crippen LogP contribution is 2.35. The largest absolute Gasteiger partial charge is 0.475 e. The molecule has 0 spiro atoms. The molecule has 2 aromatic heterocycles. The van der Waals surface area contributed by atoms with Crippen LogP contribution in [0.3, 0.4) is 0 Å². The Hall–Kier alpha value is -3.41. The number of morpholine rings is 1. The molecule has 1 saturated heterocycles. The predicted octanol–water partition coefficient (Wildman–Crippen LogP) is 4.42. The average Bonchev–Trinajstić information content (AvgIpc) is 3.16. The van der Waals surface area contributed by atoms with E-state index >= 15 is 0 Å². The molecule has 1 saturated carbocycles. The van der Waals surface area contributed by atoms with E-state index < -0.39 is 17.7 Å². The average molecular weight is 519 g/mol. The van der Waals surface area contributed by atoms with Crippen molar-refractivity contribution in [2.75, 3.05) is 30.0 Å². The second-order valence-electron chi connectivity index (χ2n) is 9.81. The summed E-state index contributed by atoms with van der Waals surface area (Å²) in [6, 6.07) is 5.03. The highest BCUT2D eigenvalue weighted by atomic mass is 19.4. The zero-order valence-corrected chi connectivity index (χ0v) is 20.6. The lowest BCUT2D eigenvalue weighted by Gasteiger charge is -2.34. The first-order chi connectivity index (χ1) is 17.6. The third kappa shape index (κ3) is 5.07. The van der Waals surface area contributed by atoms with Crippen molar-refractivity contribution in [1.82, 2.24) is 19.5 Å². The van der Waals surface area contributed by atoms with Crippen molar-refractivity contribution in [3.63, 3.8) is 0 Å². The standard InChI is InChI=1S/C25H29F3N6O3/c1-14-13-37-11-10-33(14)24-32-21-19(34(24)12-16-6-8-18(9-7-16)25(26,27)28)20(30-22(31-21)23(35)36)29-15(2)17-4-3-5-17/h6-9,14-15,17H,3-5,10-13H2,1-2H3,(H,35,36)(H,29,30,31)/t14-,15+/m0/s1. The summed E-state index contributed by atoms with van der Waals surface area (Å²) in [6.07, 6.45) is -1.11. The highest BCUT2D eigenvalue weighted by molar-refractivity contribution is 5.91. The number of nitrogens with one attached hydrogen (secondary N) is 1. The lowest BCUT2D eigenvalue weighted by Crippen LogP contribution is -2.45. The molecule has 2 atom stereocenters. The van der Waals surface area contributed by atoms with Gasteiger partial charge in [-0.3, -0.25) is 0 Å². The number of benzene rings is 1. The number of nitrogens with zero attached hydrogens (tertiary/aromatic N) is 5. The Labute approximate surface area is 211 Å². The number of alkyl halides is 3. The Morgan fingerprint density at radius 1 is 1.22 bits per heavy atom. The normalized spacial score (nSPS) is 19.6. The van der Waals surface area contributed by atoms with Crippen molar-refractivity contribution < 1.29 is 27.8 Å². The van der Waals surface area contributed by atoms with Crippen LogP contribution in [0.4, 0.5) is 24.9 Å². The minimum absolute atomic E-state index is 0.0193. The minimum atomic E-state index is -4.43. The number of imidazole rings is 1. The molecule has 3 heterocycles. The van der Waals surface area contributed by atoms with E-state index in [0.717, 1.165) is 31.4 Å². The molecule has 2 N–H and O–H groups in total. The van der Waals surface area contributed by atoms with Crippen molar-refractivity contribution in [2.24, 2.45) is 5.92 Å². The van der Waals surface area contributed by atoms with Gasteiger partial charge in [-0.2, -0.15) is 18.2 Å². The molecule has 37 heavy (non-hydrogen) atoms. The summed E-state index contributed by atoms with van der Waals surface area (Å²) in [5, 5.41) is 13.1. The van der Waals surface area contributed by atoms with Crippen LogP contribution in [0.25, 0.3) is 11.2 Å². The zero-order chi connectivity index (χ0) is 26.3. The SMILES string of the molecule is C[C@@H](Nc1nc(C(=O)O)nc2nc(N3CCOC[C@@H]3C)n(Cc3ccc(C(F)(F)F)cc3)c12)C1CCC1. The Bertz CT molecular complexity index is 1290. The van der Waals surface area contributed by atoms with E-state index in [-0.39, 0.29) is 30.1 Å². The molecule has 9 nitrogen and oxygen atoms in total. The van der Waals surface area contributed by atoms with E-state index in [1.165, 1.54) is 12.1 Å². The van der Waals surface area contributed by atoms with E-state index in [4.69, 9.17) is 9.72 Å². The molecule has 0 radical (unpaired) electrons. The molecule has 5 rings (SSSR count). The van der Waals surface area contributed by atoms with Crippen molar-refractivity contribution in [2.45, 2.75) is 57.9 Å². The van der Waals surface area contributed by atoms with Crippen LogP contribution in [0, 0.1) is 5.92 Å². The number of aromatic carboxylic acids is 1. The molecule has 0 amide bonds. The predicted molar refractivity (Wildman–Crippen MR) is 131 cm³/mol. The van der Waals surface area contributed by atoms with Crippen LogP contribution in [-0.2, 0) is 17.5 Å². The fourth-order valence-corrected chi connectivity index (χ4v) is 4.87. The number of halogens is 3. The third-order valence-corrected chi connectivity index (χ3v) is 7.24. The Morgan fingerprint density at radius 2 is 1.95 bits per heavy atom. The molecule has 3 aromatic rings. The van der Waals surface area contributed by atoms with Gasteiger partial charge in [-0.15, -0.1) is 0 Å². The maximum atomic E-state index is 13.1. The highest BCUT2D eigenvalue weighted by Gasteiger charge is 2.32. The first-order valence-electron chi connectivity index (χ1n) is 12.4. The number of hydrogen-bond donors (Lipinski definition) is 2. The maximum absolute atomic E-state index is 13.1. The van der Waals surface area contributed by atoms with E-state index in [1.54, 1.807) is 0 Å². The van der Waals surface area contributed by atoms with Crippen molar-refractivity contribution >= 4 is 28.9 Å². The number of rotatable bonds is 7. The molecule has 0 bridgehead atoms. The van der Waals surface area contributed by atoms with Gasteiger partial charge in [0.25, 0.3) is 0 Å². The summed E-state index contributed by atoms with van der Waals surface area (Å²) >= 11 is 0. The van der Waals surface area contributed by atoms with E-state index in [1.807, 2.05) is 18.4 Å². The molecule has 1 aliphatic carbocycles. The van der Waals surface area contributed by atoms with Crippen LogP contribution in [0.1, 0.15) is 54.9 Å². The summed E-state index contributed by atoms with van der Waals surface area (Å²) in [6.45, 7) is 5.77. The summed E-state index contributed by atoms with van der Waals surface area (Å²) in [5.41, 5.74) is 0.649. The van der Waals surface area contributed by atoms with Gasteiger partial charge in [0, 0.05) is 12.6 Å². The number of fused-ring (bicyclic) bond motifs is 1. The molecule has 1 aromatic carbocycles. The monoisotopic (exact) mass is 518 g/mol. The fourth-order valence-electron chi connectivity index (χ4n) is 4.87. The van der Waals surface area contributed by atoms with Gasteiger partial charge in [0.05, 0.1) is 31.4 Å². The second-order valence-corrected chi connectivity index (χ2v) is 9.81. The van der Waals surface area contributed by atoms with Gasteiger partial charge in [-0.1, -0.05) is 18.6 Å². The van der Waals surface area contributed by atoms with Gasteiger partial charge in [0.15, 0.2) is 11.5 Å². The first-order valence-corrected chi connectivity index (χ1v) is 12.4. The molecular formula is C25H29F3N6O3. The number of anilines is 2. The van der Waals surface area contributed by atoms with E-state index in [0.29, 0.717) is 48.5 Å². The number of ether oxygens (including phenoxy) is 1. The lowest BCUT2D eigenvalue weighted by molar-refractivity contribution is -0.137. The summed E-state index contributed by atoms with van der Waals surface area (Å²) in [5.74, 6) is -0.282. The summed E-state index contributed by atoms with van der Waals surface area (Å²) < 4.78 is 46.8. The molecule has 2 fully saturated rings. The van der Waals surface area contributed by atoms with Gasteiger partial charge in [0.1, 0.15) is 5.52 Å². The van der Waals surface area contributed by atoms with Crippen LogP contribution in [0.2, 0.25) is 0 Å². The molecule has 0 unspecified atom stereocenters. The second kappa shape index (κ2) is 9.81. The van der Waals surface area contributed by atoms with Crippen LogP contribution >= 0.6 is 0 Å². The van der Waals surface area contributed by atoms with Gasteiger partial charge in [-0.25, -0.2) is 14.8 Å². The van der Waals surface area contributed by atoms with Crippen molar-refractivity contribution in [1.29, 1.82) is 0 Å². The third-order valence-electron chi connectivity index (χ3n) is 7.24. The summed E-state index contributed by atoms with van der Waals surface area (Å²) in [4.78, 5) is 27.2. The zero-order valence-electron chi connectivity index (χ0n) is 20.6. The minimum Gasteiger partial charge on any atom is -0.475 e. The molecule has 198 valence electrons. The summed E-state index contributed by atoms with van der Waals surface area (Å²) in [7, 11) is 0. The van der Waals surface area contributed by atoms with Crippen LogP contribution < -0.4 is 10.2 Å². The topological polar surface area (TPSA) is 105 Å². The van der Waals surface area contributed by atoms with E-state index in [9.17, 15) is 23.1 Å². The Morgan fingerprint density at radius 3 is 2.54 bits per heavy atom. The van der Waals surface area contributed by atoms with Crippen LogP contribution in [-0.4, -0.2) is 62.4 Å². The molecule has 12 heteroatoms. The van der Waals surface area contributed by atoms with E-state index in [2.05, 4.69) is 20.2 Å². The van der Waals surface area contributed by atoms with Gasteiger partial charge >= 0.3 is 12.1 Å². The molecule has 2 aliphatic rings. The van der Waals surface area contributed by atoms with Crippen LogP contribution in [0.5, 0.6) is 0 Å². The number of carboxylic acids is 1. The Balaban J connectivity index is 1.64. The van der Waals surface area contributed by atoms with Gasteiger partial charge in [0.2, 0.25) is 11.8 Å². The first kappa shape index (κ1) is 25.2. The number of carbonyl (C=O) groups is 1. The fraction of sp³-hybridized carbons (Fsp3) is 0.520. The van der Waals surface area contributed by atoms with Gasteiger partial charge < -0.3 is 24.6 Å². The number of aromatic nitrogens is 4. The Kier molecular flexibility index (Phi) is 6.69. The lowest BCUT2D eigenvalue weighted by atomic mass is 9.80.